The zero-order chi connectivity index (χ0) is 12.6. The van der Waals surface area contributed by atoms with E-state index in [-0.39, 0.29) is 0 Å². The number of halogens is 1. The molecule has 2 N–H and O–H groups in total. The highest BCUT2D eigenvalue weighted by Gasteiger charge is 2.11. The van der Waals surface area contributed by atoms with Crippen LogP contribution < -0.4 is 10.6 Å². The molecule has 0 aromatic heterocycles. The molecule has 0 amide bonds. The Labute approximate surface area is 114 Å². The van der Waals surface area contributed by atoms with Crippen molar-refractivity contribution in [2.75, 3.05) is 26.2 Å². The van der Waals surface area contributed by atoms with Crippen molar-refractivity contribution < 1.29 is 0 Å². The van der Waals surface area contributed by atoms with Crippen molar-refractivity contribution in [2.24, 2.45) is 5.92 Å². The van der Waals surface area contributed by atoms with E-state index in [2.05, 4.69) is 22.8 Å². The number of nitrogens with one attached hydrogen (secondary N) is 2. The van der Waals surface area contributed by atoms with Crippen LogP contribution in [-0.4, -0.2) is 26.2 Å². The quantitative estimate of drug-likeness (QED) is 0.799. The molecule has 1 aliphatic heterocycles. The monoisotopic (exact) mass is 264 g/mol. The normalized spacial score (nSPS) is 17.4. The Morgan fingerprint density at radius 2 is 1.94 bits per heavy atom. The maximum Gasteiger partial charge on any atom is 0.0406 e. The van der Waals surface area contributed by atoms with Crippen molar-refractivity contribution in [3.8, 4) is 0 Å². The van der Waals surface area contributed by atoms with Crippen LogP contribution in [0.3, 0.4) is 0 Å². The van der Waals surface area contributed by atoms with E-state index >= 15 is 0 Å². The van der Waals surface area contributed by atoms with E-state index in [1.807, 2.05) is 24.3 Å². The molecule has 0 saturated carbocycles. The van der Waals surface area contributed by atoms with Gasteiger partial charge in [0, 0.05) is 11.6 Å². The topological polar surface area (TPSA) is 24.1 Å². The fourth-order valence-electron chi connectivity index (χ4n) is 2.23. The van der Waals surface area contributed by atoms with Gasteiger partial charge in [-0.2, -0.15) is 0 Å². The molecule has 0 spiro atoms. The third-order valence-electron chi connectivity index (χ3n) is 3.33. The number of piperidine rings is 1. The average Bonchev–Trinajstić information content (AvgIpc) is 2.42. The highest BCUT2D eigenvalue weighted by Crippen LogP contribution is 2.11. The summed E-state index contributed by atoms with van der Waals surface area (Å²) in [5.74, 6) is 0.843. The minimum Gasteiger partial charge on any atom is -0.317 e. The van der Waals surface area contributed by atoms with E-state index in [9.17, 15) is 0 Å². The van der Waals surface area contributed by atoms with Crippen molar-refractivity contribution >= 4 is 17.7 Å². The number of hydrogen-bond acceptors (Lipinski definition) is 2. The fourth-order valence-corrected chi connectivity index (χ4v) is 2.35. The summed E-state index contributed by atoms with van der Waals surface area (Å²) in [4.78, 5) is 0. The van der Waals surface area contributed by atoms with Gasteiger partial charge >= 0.3 is 0 Å². The Morgan fingerprint density at radius 3 is 2.67 bits per heavy atom. The summed E-state index contributed by atoms with van der Waals surface area (Å²) in [5, 5.41) is 7.67. The zero-order valence-corrected chi connectivity index (χ0v) is 11.4. The van der Waals surface area contributed by atoms with Crippen LogP contribution in [0, 0.1) is 5.92 Å². The largest absolute Gasteiger partial charge is 0.317 e. The predicted octanol–water partition coefficient (Wildman–Crippen LogP) is 2.94. The Hall–Kier alpha value is -0.830. The SMILES string of the molecule is Clc1ccc(C=CCNCC2CCNCC2)cc1. The van der Waals surface area contributed by atoms with Crippen molar-refractivity contribution in [2.45, 2.75) is 12.8 Å². The highest BCUT2D eigenvalue weighted by atomic mass is 35.5. The molecule has 1 saturated heterocycles. The summed E-state index contributed by atoms with van der Waals surface area (Å²) in [5.41, 5.74) is 1.20. The van der Waals surface area contributed by atoms with Gasteiger partial charge in [-0.05, 0) is 56.1 Å². The molecule has 1 aromatic rings. The molecule has 3 heteroatoms. The molecule has 1 fully saturated rings. The molecule has 0 unspecified atom stereocenters. The number of hydrogen-bond donors (Lipinski definition) is 2. The van der Waals surface area contributed by atoms with Crippen molar-refractivity contribution in [1.29, 1.82) is 0 Å². The van der Waals surface area contributed by atoms with Crippen molar-refractivity contribution in [3.05, 3.63) is 40.9 Å². The number of rotatable bonds is 5. The van der Waals surface area contributed by atoms with Gasteiger partial charge in [0.1, 0.15) is 0 Å². The second kappa shape index (κ2) is 7.57. The van der Waals surface area contributed by atoms with Crippen molar-refractivity contribution in [1.82, 2.24) is 10.6 Å². The smallest absolute Gasteiger partial charge is 0.0406 e. The maximum atomic E-state index is 5.84. The lowest BCUT2D eigenvalue weighted by Gasteiger charge is -2.22. The van der Waals surface area contributed by atoms with Crippen LogP contribution in [0.25, 0.3) is 6.08 Å². The Morgan fingerprint density at radius 1 is 1.22 bits per heavy atom. The zero-order valence-electron chi connectivity index (χ0n) is 10.7. The minimum atomic E-state index is 0.788. The van der Waals surface area contributed by atoms with Gasteiger partial charge in [-0.25, -0.2) is 0 Å². The summed E-state index contributed by atoms with van der Waals surface area (Å²) in [6, 6.07) is 7.91. The van der Waals surface area contributed by atoms with Crippen LogP contribution >= 0.6 is 11.6 Å². The first-order valence-corrected chi connectivity index (χ1v) is 7.06. The summed E-state index contributed by atoms with van der Waals surface area (Å²) < 4.78 is 0. The first-order valence-electron chi connectivity index (χ1n) is 6.68. The summed E-state index contributed by atoms with van der Waals surface area (Å²) >= 11 is 5.84. The van der Waals surface area contributed by atoms with E-state index in [1.54, 1.807) is 0 Å². The van der Waals surface area contributed by atoms with Crippen molar-refractivity contribution in [3.63, 3.8) is 0 Å². The van der Waals surface area contributed by atoms with E-state index in [1.165, 1.54) is 31.5 Å². The minimum absolute atomic E-state index is 0.788. The lowest BCUT2D eigenvalue weighted by Crippen LogP contribution is -2.33. The molecule has 1 aliphatic rings. The van der Waals surface area contributed by atoms with E-state index in [0.717, 1.165) is 24.0 Å². The molecule has 0 aliphatic carbocycles. The Bertz CT molecular complexity index is 367. The second-order valence-corrected chi connectivity index (χ2v) is 5.24. The molecule has 1 aromatic carbocycles. The standard InChI is InChI=1S/C15H21ClN2/c16-15-5-3-13(4-6-15)2-1-9-18-12-14-7-10-17-11-8-14/h1-6,14,17-18H,7-12H2. The van der Waals surface area contributed by atoms with Crippen LogP contribution in [0.15, 0.2) is 30.3 Å². The molecule has 2 rings (SSSR count). The third-order valence-corrected chi connectivity index (χ3v) is 3.59. The molecule has 98 valence electrons. The second-order valence-electron chi connectivity index (χ2n) is 4.81. The third kappa shape index (κ3) is 4.81. The highest BCUT2D eigenvalue weighted by molar-refractivity contribution is 6.30. The van der Waals surface area contributed by atoms with Gasteiger partial charge in [-0.1, -0.05) is 35.9 Å². The van der Waals surface area contributed by atoms with Gasteiger partial charge in [-0.3, -0.25) is 0 Å². The Balaban J connectivity index is 1.63. The molecular weight excluding hydrogens is 244 g/mol. The molecule has 1 heterocycles. The van der Waals surface area contributed by atoms with Gasteiger partial charge < -0.3 is 10.6 Å². The van der Waals surface area contributed by atoms with Gasteiger partial charge in [-0.15, -0.1) is 0 Å². The Kier molecular flexibility index (Phi) is 5.72. The fraction of sp³-hybridized carbons (Fsp3) is 0.467. The summed E-state index contributed by atoms with van der Waals surface area (Å²) in [6.45, 7) is 4.42. The molecule has 18 heavy (non-hydrogen) atoms. The first-order chi connectivity index (χ1) is 8.84. The van der Waals surface area contributed by atoms with Crippen LogP contribution in [0.4, 0.5) is 0 Å². The van der Waals surface area contributed by atoms with Gasteiger partial charge in [0.15, 0.2) is 0 Å². The average molecular weight is 265 g/mol. The molecular formula is C15H21ClN2. The first kappa shape index (κ1) is 13.6. The van der Waals surface area contributed by atoms with E-state index < -0.39 is 0 Å². The van der Waals surface area contributed by atoms with Gasteiger partial charge in [0.05, 0.1) is 0 Å². The molecule has 0 atom stereocenters. The summed E-state index contributed by atoms with van der Waals surface area (Å²) in [7, 11) is 0. The van der Waals surface area contributed by atoms with Crippen LogP contribution in [0.1, 0.15) is 18.4 Å². The lowest BCUT2D eigenvalue weighted by atomic mass is 9.98. The van der Waals surface area contributed by atoms with Crippen LogP contribution in [-0.2, 0) is 0 Å². The van der Waals surface area contributed by atoms with Gasteiger partial charge in [0.25, 0.3) is 0 Å². The molecule has 0 bridgehead atoms. The maximum absolute atomic E-state index is 5.84. The molecule has 2 nitrogen and oxygen atoms in total. The van der Waals surface area contributed by atoms with E-state index in [4.69, 9.17) is 11.6 Å². The molecule has 0 radical (unpaired) electrons. The van der Waals surface area contributed by atoms with Gasteiger partial charge in [0.2, 0.25) is 0 Å². The van der Waals surface area contributed by atoms with Crippen LogP contribution in [0.5, 0.6) is 0 Å². The van der Waals surface area contributed by atoms with E-state index in [0.29, 0.717) is 0 Å². The summed E-state index contributed by atoms with van der Waals surface area (Å²) in [6.07, 6.45) is 6.90. The van der Waals surface area contributed by atoms with Crippen LogP contribution in [0.2, 0.25) is 5.02 Å². The number of benzene rings is 1. The lowest BCUT2D eigenvalue weighted by molar-refractivity contribution is 0.361. The predicted molar refractivity (Wildman–Crippen MR) is 78.9 cm³/mol.